The van der Waals surface area contributed by atoms with E-state index < -0.39 is 11.9 Å². The van der Waals surface area contributed by atoms with E-state index in [-0.39, 0.29) is 12.1 Å². The van der Waals surface area contributed by atoms with Gasteiger partial charge in [-0.3, -0.25) is 4.79 Å². The number of likely N-dealkylation sites (tertiary alicyclic amines) is 1. The van der Waals surface area contributed by atoms with E-state index in [4.69, 9.17) is 5.11 Å². The standard InChI is InChI=1S/C11H20N2O3/c1-8(2)12(3)11(16)13-6-4-5-9(7-13)10(14)15/h8-9H,4-7H2,1-3H3,(H,14,15). The fraction of sp³-hybridized carbons (Fsp3) is 0.818. The first-order valence-electron chi connectivity index (χ1n) is 5.68. The maximum absolute atomic E-state index is 12.0. The van der Waals surface area contributed by atoms with Crippen molar-refractivity contribution in [1.82, 2.24) is 9.80 Å². The Balaban J connectivity index is 2.60. The number of hydrogen-bond acceptors (Lipinski definition) is 2. The molecule has 0 aliphatic carbocycles. The van der Waals surface area contributed by atoms with Gasteiger partial charge in [0.25, 0.3) is 0 Å². The molecule has 1 saturated heterocycles. The van der Waals surface area contributed by atoms with Crippen LogP contribution >= 0.6 is 0 Å². The van der Waals surface area contributed by atoms with Crippen molar-refractivity contribution in [2.75, 3.05) is 20.1 Å². The second-order valence-electron chi connectivity index (χ2n) is 4.61. The predicted molar refractivity (Wildman–Crippen MR) is 60.2 cm³/mol. The van der Waals surface area contributed by atoms with E-state index in [2.05, 4.69) is 0 Å². The lowest BCUT2D eigenvalue weighted by Gasteiger charge is -2.35. The third kappa shape index (κ3) is 2.87. The third-order valence-electron chi connectivity index (χ3n) is 3.12. The summed E-state index contributed by atoms with van der Waals surface area (Å²) in [7, 11) is 1.75. The average Bonchev–Trinajstić information content (AvgIpc) is 2.27. The van der Waals surface area contributed by atoms with Gasteiger partial charge < -0.3 is 14.9 Å². The Bertz CT molecular complexity index is 278. The van der Waals surface area contributed by atoms with Crippen LogP contribution in [0.3, 0.4) is 0 Å². The number of amides is 2. The molecule has 0 saturated carbocycles. The zero-order valence-corrected chi connectivity index (χ0v) is 10.1. The van der Waals surface area contributed by atoms with Crippen LogP contribution in [0.5, 0.6) is 0 Å². The minimum absolute atomic E-state index is 0.0686. The van der Waals surface area contributed by atoms with E-state index in [1.165, 1.54) is 0 Å². The van der Waals surface area contributed by atoms with Crippen LogP contribution in [-0.2, 0) is 4.79 Å². The number of piperidine rings is 1. The first kappa shape index (κ1) is 12.8. The molecule has 1 aliphatic heterocycles. The highest BCUT2D eigenvalue weighted by molar-refractivity contribution is 5.76. The van der Waals surface area contributed by atoms with Crippen molar-refractivity contribution in [3.8, 4) is 0 Å². The van der Waals surface area contributed by atoms with E-state index in [0.717, 1.165) is 6.42 Å². The minimum atomic E-state index is -0.801. The summed E-state index contributed by atoms with van der Waals surface area (Å²) in [6.45, 7) is 4.89. The van der Waals surface area contributed by atoms with Gasteiger partial charge in [0.05, 0.1) is 5.92 Å². The van der Waals surface area contributed by atoms with Gasteiger partial charge in [0.1, 0.15) is 0 Å². The molecule has 16 heavy (non-hydrogen) atoms. The van der Waals surface area contributed by atoms with Gasteiger partial charge in [-0.2, -0.15) is 0 Å². The first-order chi connectivity index (χ1) is 7.43. The van der Waals surface area contributed by atoms with Crippen molar-refractivity contribution < 1.29 is 14.7 Å². The van der Waals surface area contributed by atoms with Gasteiger partial charge >= 0.3 is 12.0 Å². The second kappa shape index (κ2) is 5.18. The molecular weight excluding hydrogens is 208 g/mol. The lowest BCUT2D eigenvalue weighted by atomic mass is 9.98. The van der Waals surface area contributed by atoms with Crippen molar-refractivity contribution in [2.24, 2.45) is 5.92 Å². The van der Waals surface area contributed by atoms with Crippen LogP contribution in [0.1, 0.15) is 26.7 Å². The highest BCUT2D eigenvalue weighted by atomic mass is 16.4. The molecule has 0 spiro atoms. The number of carboxylic acid groups (broad SMARTS) is 1. The summed E-state index contributed by atoms with van der Waals surface area (Å²) in [5.74, 6) is -1.21. The zero-order chi connectivity index (χ0) is 12.3. The van der Waals surface area contributed by atoms with Crippen LogP contribution < -0.4 is 0 Å². The molecule has 1 rings (SSSR count). The number of urea groups is 1. The summed E-state index contributed by atoms with van der Waals surface area (Å²) in [5, 5.41) is 8.93. The van der Waals surface area contributed by atoms with Crippen LogP contribution in [0.2, 0.25) is 0 Å². The van der Waals surface area contributed by atoms with Gasteiger partial charge in [-0.1, -0.05) is 0 Å². The highest BCUT2D eigenvalue weighted by Gasteiger charge is 2.29. The molecule has 1 fully saturated rings. The SMILES string of the molecule is CC(C)N(C)C(=O)N1CCCC(C(=O)O)C1. The predicted octanol–water partition coefficient (Wildman–Crippen LogP) is 1.24. The van der Waals surface area contributed by atoms with E-state index in [9.17, 15) is 9.59 Å². The van der Waals surface area contributed by atoms with Gasteiger partial charge in [0.15, 0.2) is 0 Å². The summed E-state index contributed by atoms with van der Waals surface area (Å²) >= 11 is 0. The number of rotatable bonds is 2. The Kier molecular flexibility index (Phi) is 4.15. The molecule has 0 aromatic rings. The molecule has 2 amide bonds. The Morgan fingerprint density at radius 3 is 2.56 bits per heavy atom. The van der Waals surface area contributed by atoms with Crippen LogP contribution in [-0.4, -0.2) is 53.1 Å². The van der Waals surface area contributed by atoms with E-state index in [1.54, 1.807) is 16.8 Å². The van der Waals surface area contributed by atoms with E-state index in [1.807, 2.05) is 13.8 Å². The Morgan fingerprint density at radius 1 is 1.44 bits per heavy atom. The van der Waals surface area contributed by atoms with Crippen molar-refractivity contribution in [2.45, 2.75) is 32.7 Å². The van der Waals surface area contributed by atoms with Crippen molar-refractivity contribution in [3.05, 3.63) is 0 Å². The number of carbonyl (C=O) groups is 2. The number of carbonyl (C=O) groups excluding carboxylic acids is 1. The molecule has 0 radical (unpaired) electrons. The normalized spacial score (nSPS) is 21.0. The summed E-state index contributed by atoms with van der Waals surface area (Å²) in [6, 6.07) is 0.0682. The number of nitrogens with zero attached hydrogens (tertiary/aromatic N) is 2. The molecule has 1 heterocycles. The molecule has 92 valence electrons. The molecule has 1 unspecified atom stereocenters. The van der Waals surface area contributed by atoms with Gasteiger partial charge in [-0.15, -0.1) is 0 Å². The van der Waals surface area contributed by atoms with Gasteiger partial charge in [0, 0.05) is 26.2 Å². The summed E-state index contributed by atoms with van der Waals surface area (Å²) in [5.41, 5.74) is 0. The molecule has 1 atom stereocenters. The smallest absolute Gasteiger partial charge is 0.319 e. The van der Waals surface area contributed by atoms with Crippen molar-refractivity contribution in [1.29, 1.82) is 0 Å². The fourth-order valence-corrected chi connectivity index (χ4v) is 1.80. The Labute approximate surface area is 96.0 Å². The third-order valence-corrected chi connectivity index (χ3v) is 3.12. The maximum atomic E-state index is 12.0. The number of hydrogen-bond donors (Lipinski definition) is 1. The van der Waals surface area contributed by atoms with Crippen LogP contribution in [0.25, 0.3) is 0 Å². The van der Waals surface area contributed by atoms with Crippen LogP contribution in [0.4, 0.5) is 4.79 Å². The number of aliphatic carboxylic acids is 1. The lowest BCUT2D eigenvalue weighted by molar-refractivity contribution is -0.143. The second-order valence-corrected chi connectivity index (χ2v) is 4.61. The van der Waals surface area contributed by atoms with Crippen LogP contribution in [0.15, 0.2) is 0 Å². The van der Waals surface area contributed by atoms with Gasteiger partial charge in [-0.05, 0) is 26.7 Å². The summed E-state index contributed by atoms with van der Waals surface area (Å²) in [4.78, 5) is 26.1. The monoisotopic (exact) mass is 228 g/mol. The zero-order valence-electron chi connectivity index (χ0n) is 10.1. The largest absolute Gasteiger partial charge is 0.481 e. The Hall–Kier alpha value is -1.26. The molecule has 1 N–H and O–H groups in total. The quantitative estimate of drug-likeness (QED) is 0.773. The Morgan fingerprint density at radius 2 is 2.06 bits per heavy atom. The van der Waals surface area contributed by atoms with E-state index in [0.29, 0.717) is 19.5 Å². The highest BCUT2D eigenvalue weighted by Crippen LogP contribution is 2.18. The maximum Gasteiger partial charge on any atom is 0.319 e. The lowest BCUT2D eigenvalue weighted by Crippen LogP contribution is -2.49. The molecular formula is C11H20N2O3. The minimum Gasteiger partial charge on any atom is -0.481 e. The van der Waals surface area contributed by atoms with Crippen molar-refractivity contribution >= 4 is 12.0 Å². The summed E-state index contributed by atoms with van der Waals surface area (Å²) < 4.78 is 0. The van der Waals surface area contributed by atoms with Gasteiger partial charge in [-0.25, -0.2) is 4.79 Å². The molecule has 0 bridgehead atoms. The molecule has 5 nitrogen and oxygen atoms in total. The van der Waals surface area contributed by atoms with E-state index >= 15 is 0 Å². The van der Waals surface area contributed by atoms with Gasteiger partial charge in [0.2, 0.25) is 0 Å². The van der Waals surface area contributed by atoms with Crippen molar-refractivity contribution in [3.63, 3.8) is 0 Å². The fourth-order valence-electron chi connectivity index (χ4n) is 1.80. The summed E-state index contributed by atoms with van der Waals surface area (Å²) in [6.07, 6.45) is 1.44. The average molecular weight is 228 g/mol. The molecule has 0 aromatic carbocycles. The van der Waals surface area contributed by atoms with Crippen LogP contribution in [0, 0.1) is 5.92 Å². The molecule has 1 aliphatic rings. The number of carboxylic acids is 1. The topological polar surface area (TPSA) is 60.9 Å². The molecule has 0 aromatic heterocycles. The first-order valence-corrected chi connectivity index (χ1v) is 5.68. The molecule has 5 heteroatoms.